The number of rotatable bonds is 1. The largest absolute Gasteiger partial charge is 0 e. The van der Waals surface area contributed by atoms with Crippen LogP contribution < -0.4 is 0 Å². The van der Waals surface area contributed by atoms with Crippen molar-refractivity contribution in [1.82, 2.24) is 0 Å². The van der Waals surface area contributed by atoms with E-state index in [2.05, 4.69) is 0 Å². The summed E-state index contributed by atoms with van der Waals surface area (Å²) in [5.74, 6) is 0. The molecular formula is C6H6FGeO. The Labute approximate surface area is 57.1 Å². The average Bonchev–Trinajstić information content (AvgIpc) is 1.90. The van der Waals surface area contributed by atoms with Gasteiger partial charge in [0.2, 0.25) is 0 Å². The molecule has 0 saturated carbocycles. The van der Waals surface area contributed by atoms with Crippen LogP contribution in [0.2, 0.25) is 0 Å². The van der Waals surface area contributed by atoms with Gasteiger partial charge in [-0.2, -0.15) is 0 Å². The molecule has 0 atom stereocenters. The van der Waals surface area contributed by atoms with Crippen molar-refractivity contribution in [3.05, 3.63) is 23.1 Å². The van der Waals surface area contributed by atoms with Crippen molar-refractivity contribution < 1.29 is 9.50 Å². The van der Waals surface area contributed by atoms with Gasteiger partial charge in [0.15, 0.2) is 0 Å². The molecule has 0 aromatic heterocycles. The molecule has 1 heterocycles. The zero-order valence-electron chi connectivity index (χ0n) is 4.75. The standard InChI is InChI=1S/C6H6GeO.F/c8-6-7-4-2-1-3-5-7;/h1-6H;. The van der Waals surface area contributed by atoms with Gasteiger partial charge in [-0.1, -0.05) is 0 Å². The fraction of sp³-hybridized carbons (Fsp3) is 0. The van der Waals surface area contributed by atoms with Crippen LogP contribution in [0.3, 0.4) is 0 Å². The summed E-state index contributed by atoms with van der Waals surface area (Å²) in [7, 11) is 0. The molecule has 0 aromatic carbocycles. The third-order valence-corrected chi connectivity index (χ3v) is 3.93. The number of halogens is 1. The molecule has 0 unspecified atom stereocenters. The SMILES string of the molecule is O=[CH][Ge]1=[CH]C=CC=[CH]1.[F]. The molecule has 0 saturated heterocycles. The van der Waals surface area contributed by atoms with Gasteiger partial charge in [-0.25, -0.2) is 0 Å². The maximum atomic E-state index is 10.1. The Balaban J connectivity index is 0.000000640. The van der Waals surface area contributed by atoms with Gasteiger partial charge in [0, 0.05) is 4.70 Å². The molecule has 1 aliphatic rings. The van der Waals surface area contributed by atoms with E-state index < -0.39 is 13.9 Å². The van der Waals surface area contributed by atoms with Crippen LogP contribution in [0.5, 0.6) is 0 Å². The predicted octanol–water partition coefficient (Wildman–Crippen LogP) is 0.722. The van der Waals surface area contributed by atoms with E-state index in [4.69, 9.17) is 0 Å². The Morgan fingerprint density at radius 1 is 1.22 bits per heavy atom. The third kappa shape index (κ3) is 2.51. The first-order valence-electron chi connectivity index (χ1n) is 2.44. The van der Waals surface area contributed by atoms with Gasteiger partial charge in [-0.15, -0.1) is 0 Å². The number of carbonyl (C=O) groups is 1. The van der Waals surface area contributed by atoms with Crippen molar-refractivity contribution in [3.63, 3.8) is 0 Å². The van der Waals surface area contributed by atoms with Crippen LogP contribution in [0.15, 0.2) is 23.1 Å². The first kappa shape index (κ1) is 8.49. The van der Waals surface area contributed by atoms with E-state index in [1.807, 2.05) is 28.0 Å². The number of carbonyl (C=O) groups excluding carboxylic acids is 1. The van der Waals surface area contributed by atoms with Crippen LogP contribution in [-0.4, -0.2) is 23.9 Å². The van der Waals surface area contributed by atoms with Gasteiger partial charge in [0.1, 0.15) is 0 Å². The van der Waals surface area contributed by atoms with Crippen LogP contribution >= 0.6 is 0 Å². The van der Waals surface area contributed by atoms with Gasteiger partial charge in [-0.05, 0) is 0 Å². The molecule has 47 valence electrons. The maximum Gasteiger partial charge on any atom is 0 e. The maximum absolute atomic E-state index is 10.1. The van der Waals surface area contributed by atoms with E-state index in [9.17, 15) is 4.79 Å². The van der Waals surface area contributed by atoms with Gasteiger partial charge in [-0.3, -0.25) is 0 Å². The Hall–Kier alpha value is -0.507. The molecule has 0 fully saturated rings. The smallest absolute Gasteiger partial charge is 0 e. The molecule has 0 N–H and O–H groups in total. The quantitative estimate of drug-likeness (QED) is 0.435. The molecule has 1 nitrogen and oxygen atoms in total. The second-order valence-electron chi connectivity index (χ2n) is 1.53. The summed E-state index contributed by atoms with van der Waals surface area (Å²) in [6.07, 6.45) is 5.84. The molecule has 0 aromatic rings. The first-order valence-corrected chi connectivity index (χ1v) is 6.07. The zero-order chi connectivity index (χ0) is 5.82. The Morgan fingerprint density at radius 3 is 2.33 bits per heavy atom. The Bertz CT molecular complexity index is 181. The van der Waals surface area contributed by atoms with E-state index in [0.717, 1.165) is 5.12 Å². The second kappa shape index (κ2) is 4.38. The number of allylic oxidation sites excluding steroid dienone is 3. The van der Waals surface area contributed by atoms with Crippen LogP contribution in [0.1, 0.15) is 0 Å². The van der Waals surface area contributed by atoms with E-state index in [1.165, 1.54) is 0 Å². The summed E-state index contributed by atoms with van der Waals surface area (Å²) in [6.45, 7) is 0. The van der Waals surface area contributed by atoms with Crippen molar-refractivity contribution in [1.29, 1.82) is 0 Å². The summed E-state index contributed by atoms with van der Waals surface area (Å²) in [6, 6.07) is 0. The Kier molecular flexibility index (Phi) is 4.13. The van der Waals surface area contributed by atoms with Crippen molar-refractivity contribution in [2.45, 2.75) is 0 Å². The molecule has 1 rings (SSSR count). The minimum absolute atomic E-state index is 0. The van der Waals surface area contributed by atoms with Crippen LogP contribution in [0.25, 0.3) is 0 Å². The summed E-state index contributed by atoms with van der Waals surface area (Å²) >= 11 is -1.42. The number of hydrogen-bond acceptors (Lipinski definition) is 1. The molecule has 9 heavy (non-hydrogen) atoms. The van der Waals surface area contributed by atoms with Gasteiger partial charge >= 0.3 is 51.8 Å². The molecule has 1 radical (unpaired) electrons. The minimum Gasteiger partial charge on any atom is 0 e. The fourth-order valence-corrected chi connectivity index (χ4v) is 2.49. The van der Waals surface area contributed by atoms with Crippen molar-refractivity contribution >= 4 is 23.9 Å². The summed E-state index contributed by atoms with van der Waals surface area (Å²) < 4.78 is 0. The van der Waals surface area contributed by atoms with E-state index in [-0.39, 0.29) is 4.70 Å². The molecule has 3 heteroatoms. The van der Waals surface area contributed by atoms with Crippen molar-refractivity contribution in [3.8, 4) is 0 Å². The predicted molar refractivity (Wildman–Crippen MR) is 38.0 cm³/mol. The van der Waals surface area contributed by atoms with E-state index in [1.54, 1.807) is 0 Å². The van der Waals surface area contributed by atoms with E-state index >= 15 is 0 Å². The van der Waals surface area contributed by atoms with Gasteiger partial charge in [0.25, 0.3) is 0 Å². The van der Waals surface area contributed by atoms with Gasteiger partial charge < -0.3 is 0 Å². The van der Waals surface area contributed by atoms with Crippen LogP contribution in [0.4, 0.5) is 4.70 Å². The molecule has 0 spiro atoms. The van der Waals surface area contributed by atoms with Crippen molar-refractivity contribution in [2.24, 2.45) is 0 Å². The summed E-state index contributed by atoms with van der Waals surface area (Å²) in [4.78, 5) is 14.2. The molecular weight excluding hydrogens is 180 g/mol. The van der Waals surface area contributed by atoms with Gasteiger partial charge in [0.05, 0.1) is 0 Å². The van der Waals surface area contributed by atoms with Crippen molar-refractivity contribution in [2.75, 3.05) is 0 Å². The summed E-state index contributed by atoms with van der Waals surface area (Å²) in [5, 5.41) is 1.08. The molecule has 1 aliphatic heterocycles. The Morgan fingerprint density at radius 2 is 2.00 bits per heavy atom. The molecule has 0 amide bonds. The zero-order valence-corrected chi connectivity index (χ0v) is 6.85. The normalized spacial score (nSPS) is 14.0. The average molecular weight is 186 g/mol. The van der Waals surface area contributed by atoms with E-state index in [0.29, 0.717) is 0 Å². The molecule has 0 aliphatic carbocycles. The van der Waals surface area contributed by atoms with Crippen LogP contribution in [0, 0.1) is 0 Å². The minimum atomic E-state index is -1.42. The molecule has 0 bridgehead atoms. The first-order chi connectivity index (χ1) is 3.93. The fourth-order valence-electron chi connectivity index (χ4n) is 0.532. The summed E-state index contributed by atoms with van der Waals surface area (Å²) in [5.41, 5.74) is 0. The topological polar surface area (TPSA) is 17.1 Å². The number of hydrogen-bond donors (Lipinski definition) is 0. The monoisotopic (exact) mass is 187 g/mol. The third-order valence-electron chi connectivity index (χ3n) is 0.936. The van der Waals surface area contributed by atoms with Crippen LogP contribution in [-0.2, 0) is 4.79 Å². The second-order valence-corrected chi connectivity index (χ2v) is 5.52.